The van der Waals surface area contributed by atoms with Crippen molar-refractivity contribution in [2.75, 3.05) is 25.5 Å². The smallest absolute Gasteiger partial charge is 0.255 e. The Kier molecular flexibility index (Phi) is 3.52. The highest BCUT2D eigenvalue weighted by Gasteiger charge is 2.25. The first kappa shape index (κ1) is 12.2. The minimum Gasteiger partial charge on any atom is -0.373 e. The van der Waals surface area contributed by atoms with E-state index in [1.54, 1.807) is 13.1 Å². The number of anilines is 1. The van der Waals surface area contributed by atoms with Gasteiger partial charge < -0.3 is 10.2 Å². The molecule has 4 nitrogen and oxygen atoms in total. The number of amides is 1. The fraction of sp³-hybridized carbons (Fsp3) is 0.500. The van der Waals surface area contributed by atoms with Gasteiger partial charge in [-0.05, 0) is 18.4 Å². The lowest BCUT2D eigenvalue weighted by Crippen LogP contribution is -2.28. The lowest BCUT2D eigenvalue weighted by molar-refractivity contribution is 0.0788. The Bertz CT molecular complexity index is 436. The molecule has 92 valence electrons. The molecular formula is C12H16ClN3O. The molecule has 1 amide bonds. The first-order valence-corrected chi connectivity index (χ1v) is 6.12. The SMILES string of the molecule is CNc1cc(C(=O)N2CCC(C)C2)c(Cl)cn1. The second-order valence-electron chi connectivity index (χ2n) is 4.44. The van der Waals surface area contributed by atoms with E-state index in [-0.39, 0.29) is 5.91 Å². The summed E-state index contributed by atoms with van der Waals surface area (Å²) in [5.41, 5.74) is 0.528. The molecule has 0 aliphatic carbocycles. The van der Waals surface area contributed by atoms with Crippen molar-refractivity contribution >= 4 is 23.3 Å². The number of hydrogen-bond donors (Lipinski definition) is 1. The van der Waals surface area contributed by atoms with Gasteiger partial charge in [-0.25, -0.2) is 4.98 Å². The molecule has 1 aromatic rings. The zero-order valence-corrected chi connectivity index (χ0v) is 10.8. The van der Waals surface area contributed by atoms with Crippen molar-refractivity contribution in [2.24, 2.45) is 5.92 Å². The number of carbonyl (C=O) groups is 1. The summed E-state index contributed by atoms with van der Waals surface area (Å²) in [6.07, 6.45) is 2.58. The van der Waals surface area contributed by atoms with E-state index in [4.69, 9.17) is 11.6 Å². The van der Waals surface area contributed by atoms with Gasteiger partial charge in [-0.1, -0.05) is 18.5 Å². The Hall–Kier alpha value is -1.29. The zero-order valence-electron chi connectivity index (χ0n) is 10.0. The lowest BCUT2D eigenvalue weighted by Gasteiger charge is -2.17. The largest absolute Gasteiger partial charge is 0.373 e. The highest BCUT2D eigenvalue weighted by molar-refractivity contribution is 6.33. The van der Waals surface area contributed by atoms with E-state index in [1.165, 1.54) is 6.20 Å². The molecular weight excluding hydrogens is 238 g/mol. The van der Waals surface area contributed by atoms with Crippen LogP contribution in [0.1, 0.15) is 23.7 Å². The number of rotatable bonds is 2. The Balaban J connectivity index is 2.24. The standard InChI is InChI=1S/C12H16ClN3O/c1-8-3-4-16(7-8)12(17)9-5-11(14-2)15-6-10(9)13/h5-6,8H,3-4,7H2,1-2H3,(H,14,15). The molecule has 2 heterocycles. The second-order valence-corrected chi connectivity index (χ2v) is 4.85. The quantitative estimate of drug-likeness (QED) is 0.879. The summed E-state index contributed by atoms with van der Waals surface area (Å²) < 4.78 is 0. The van der Waals surface area contributed by atoms with Crippen LogP contribution in [-0.4, -0.2) is 35.9 Å². The molecule has 0 bridgehead atoms. The van der Waals surface area contributed by atoms with E-state index < -0.39 is 0 Å². The Morgan fingerprint density at radius 3 is 3.00 bits per heavy atom. The first-order chi connectivity index (χ1) is 8.11. The van der Waals surface area contributed by atoms with Crippen LogP contribution in [0.15, 0.2) is 12.3 Å². The molecule has 0 saturated carbocycles. The minimum atomic E-state index is -0.00162. The van der Waals surface area contributed by atoms with Gasteiger partial charge in [0, 0.05) is 26.3 Å². The van der Waals surface area contributed by atoms with Crippen molar-refractivity contribution in [1.29, 1.82) is 0 Å². The summed E-state index contributed by atoms with van der Waals surface area (Å²) in [5.74, 6) is 1.23. The summed E-state index contributed by atoms with van der Waals surface area (Å²) in [5, 5.41) is 3.32. The average molecular weight is 254 g/mol. The molecule has 0 aromatic carbocycles. The van der Waals surface area contributed by atoms with Gasteiger partial charge in [-0.2, -0.15) is 0 Å². The van der Waals surface area contributed by atoms with Crippen LogP contribution in [-0.2, 0) is 0 Å². The van der Waals surface area contributed by atoms with Crippen LogP contribution < -0.4 is 5.32 Å². The van der Waals surface area contributed by atoms with Crippen molar-refractivity contribution in [3.8, 4) is 0 Å². The van der Waals surface area contributed by atoms with E-state index in [0.29, 0.717) is 22.3 Å². The molecule has 1 N–H and O–H groups in total. The van der Waals surface area contributed by atoms with Crippen molar-refractivity contribution < 1.29 is 4.79 Å². The van der Waals surface area contributed by atoms with Gasteiger partial charge in [-0.15, -0.1) is 0 Å². The molecule has 2 rings (SSSR count). The van der Waals surface area contributed by atoms with Crippen LogP contribution in [0.25, 0.3) is 0 Å². The fourth-order valence-electron chi connectivity index (χ4n) is 2.03. The lowest BCUT2D eigenvalue weighted by atomic mass is 10.2. The van der Waals surface area contributed by atoms with Gasteiger partial charge in [0.1, 0.15) is 5.82 Å². The molecule has 0 radical (unpaired) electrons. The number of carbonyl (C=O) groups excluding carboxylic acids is 1. The van der Waals surface area contributed by atoms with Gasteiger partial charge >= 0.3 is 0 Å². The maximum atomic E-state index is 12.3. The summed E-state index contributed by atoms with van der Waals surface area (Å²) in [6.45, 7) is 3.78. The maximum Gasteiger partial charge on any atom is 0.255 e. The molecule has 1 fully saturated rings. The van der Waals surface area contributed by atoms with Gasteiger partial charge in [0.25, 0.3) is 5.91 Å². The highest BCUT2D eigenvalue weighted by atomic mass is 35.5. The first-order valence-electron chi connectivity index (χ1n) is 5.74. The number of nitrogens with one attached hydrogen (secondary N) is 1. The van der Waals surface area contributed by atoms with Gasteiger partial charge in [-0.3, -0.25) is 4.79 Å². The van der Waals surface area contributed by atoms with Crippen LogP contribution in [0.5, 0.6) is 0 Å². The van der Waals surface area contributed by atoms with Crippen molar-refractivity contribution in [3.63, 3.8) is 0 Å². The van der Waals surface area contributed by atoms with Gasteiger partial charge in [0.2, 0.25) is 0 Å². The number of hydrogen-bond acceptors (Lipinski definition) is 3. The average Bonchev–Trinajstić information content (AvgIpc) is 2.76. The highest BCUT2D eigenvalue weighted by Crippen LogP contribution is 2.23. The monoisotopic (exact) mass is 253 g/mol. The summed E-state index contributed by atoms with van der Waals surface area (Å²) in [7, 11) is 1.77. The van der Waals surface area contributed by atoms with Crippen molar-refractivity contribution in [2.45, 2.75) is 13.3 Å². The van der Waals surface area contributed by atoms with E-state index in [9.17, 15) is 4.79 Å². The van der Waals surface area contributed by atoms with E-state index in [2.05, 4.69) is 17.2 Å². The van der Waals surface area contributed by atoms with Gasteiger partial charge in [0.15, 0.2) is 0 Å². The maximum absolute atomic E-state index is 12.3. The second kappa shape index (κ2) is 4.92. The summed E-state index contributed by atoms with van der Waals surface area (Å²) in [4.78, 5) is 18.2. The molecule has 1 aliphatic rings. The topological polar surface area (TPSA) is 45.2 Å². The number of halogens is 1. The van der Waals surface area contributed by atoms with Crippen LogP contribution in [0.2, 0.25) is 5.02 Å². The molecule has 0 spiro atoms. The molecule has 1 aliphatic heterocycles. The summed E-state index contributed by atoms with van der Waals surface area (Å²) in [6, 6.07) is 1.70. The van der Waals surface area contributed by atoms with Gasteiger partial charge in [0.05, 0.1) is 10.6 Å². The minimum absolute atomic E-state index is 0.00162. The van der Waals surface area contributed by atoms with Crippen LogP contribution in [0.4, 0.5) is 5.82 Å². The molecule has 17 heavy (non-hydrogen) atoms. The molecule has 1 unspecified atom stereocenters. The van der Waals surface area contributed by atoms with Crippen LogP contribution in [0, 0.1) is 5.92 Å². The fourth-order valence-corrected chi connectivity index (χ4v) is 2.21. The number of nitrogens with zero attached hydrogens (tertiary/aromatic N) is 2. The van der Waals surface area contributed by atoms with E-state index in [0.717, 1.165) is 19.5 Å². The van der Waals surface area contributed by atoms with E-state index in [1.807, 2.05) is 4.90 Å². The van der Waals surface area contributed by atoms with Crippen LogP contribution >= 0.6 is 11.6 Å². The summed E-state index contributed by atoms with van der Waals surface area (Å²) >= 11 is 6.03. The molecule has 1 saturated heterocycles. The van der Waals surface area contributed by atoms with E-state index >= 15 is 0 Å². The Labute approximate surface area is 106 Å². The Morgan fingerprint density at radius 1 is 1.65 bits per heavy atom. The normalized spacial score (nSPS) is 19.5. The van der Waals surface area contributed by atoms with Crippen molar-refractivity contribution in [1.82, 2.24) is 9.88 Å². The van der Waals surface area contributed by atoms with Crippen molar-refractivity contribution in [3.05, 3.63) is 22.8 Å². The number of aromatic nitrogens is 1. The molecule has 1 aromatic heterocycles. The molecule has 5 heteroatoms. The zero-order chi connectivity index (χ0) is 12.4. The third-order valence-corrected chi connectivity index (χ3v) is 3.35. The van der Waals surface area contributed by atoms with Crippen LogP contribution in [0.3, 0.4) is 0 Å². The Morgan fingerprint density at radius 2 is 2.41 bits per heavy atom. The number of likely N-dealkylation sites (tertiary alicyclic amines) is 1. The number of pyridine rings is 1. The predicted octanol–water partition coefficient (Wildman–Crippen LogP) is 2.26. The molecule has 1 atom stereocenters. The third kappa shape index (κ3) is 2.52. The third-order valence-electron chi connectivity index (χ3n) is 3.05. The predicted molar refractivity (Wildman–Crippen MR) is 68.5 cm³/mol.